The fourth-order valence-corrected chi connectivity index (χ4v) is 2.56. The zero-order valence-corrected chi connectivity index (χ0v) is 15.5. The molecule has 2 atom stereocenters. The summed E-state index contributed by atoms with van der Waals surface area (Å²) in [5.41, 5.74) is 6.09. The number of carbonyl (C=O) groups excluding carboxylic acids is 1. The van der Waals surface area contributed by atoms with Crippen molar-refractivity contribution in [3.05, 3.63) is 47.8 Å². The minimum absolute atomic E-state index is 0.0605. The highest BCUT2D eigenvalue weighted by Gasteiger charge is 2.28. The number of alkyl halides is 2. The van der Waals surface area contributed by atoms with Gasteiger partial charge in [0, 0.05) is 6.54 Å². The molecule has 5 N–H and O–H groups in total. The van der Waals surface area contributed by atoms with Crippen LogP contribution >= 0.6 is 0 Å². The molecule has 0 aromatic heterocycles. The number of rotatable bonds is 9. The number of phenolic OH excluding ortho intramolecular Hbond substituents is 1. The molecular formula is C20H24F3N3O2. The molecule has 2 aromatic carbocycles. The van der Waals surface area contributed by atoms with Crippen molar-refractivity contribution >= 4 is 23.0 Å². The second-order valence-electron chi connectivity index (χ2n) is 6.46. The van der Waals surface area contributed by atoms with Gasteiger partial charge < -0.3 is 21.5 Å². The number of nitrogens with two attached hydrogens (primary N) is 1. The van der Waals surface area contributed by atoms with Crippen LogP contribution in [0.15, 0.2) is 36.4 Å². The van der Waals surface area contributed by atoms with Crippen molar-refractivity contribution in [1.82, 2.24) is 0 Å². The van der Waals surface area contributed by atoms with Gasteiger partial charge in [-0.3, -0.25) is 4.79 Å². The van der Waals surface area contributed by atoms with E-state index in [9.17, 15) is 23.1 Å². The second-order valence-corrected chi connectivity index (χ2v) is 6.46. The summed E-state index contributed by atoms with van der Waals surface area (Å²) in [5, 5.41) is 14.3. The van der Waals surface area contributed by atoms with Gasteiger partial charge in [0.25, 0.3) is 5.91 Å². The van der Waals surface area contributed by atoms with Crippen LogP contribution in [0.3, 0.4) is 0 Å². The van der Waals surface area contributed by atoms with Crippen molar-refractivity contribution in [2.24, 2.45) is 0 Å². The first-order valence-corrected chi connectivity index (χ1v) is 9.02. The van der Waals surface area contributed by atoms with Crippen molar-refractivity contribution in [2.45, 2.75) is 45.1 Å². The summed E-state index contributed by atoms with van der Waals surface area (Å²) in [4.78, 5) is 11.9. The van der Waals surface area contributed by atoms with E-state index in [1.54, 1.807) is 12.1 Å². The summed E-state index contributed by atoms with van der Waals surface area (Å²) >= 11 is 0. The molecule has 0 heterocycles. The Hall–Kier alpha value is -2.90. The van der Waals surface area contributed by atoms with Crippen LogP contribution in [0.1, 0.15) is 31.7 Å². The van der Waals surface area contributed by atoms with Gasteiger partial charge in [-0.05, 0) is 36.2 Å². The van der Waals surface area contributed by atoms with Gasteiger partial charge in [-0.25, -0.2) is 13.2 Å². The standard InChI is InChI=1S/C20H24F3N3O2/c1-2-3-4-14(21)17(22)20(28)26-16-10-9-15(18(23)19(16)24)25-11-12-5-7-13(27)8-6-12/h5-10,14,17,25,27H,2-4,11,24H2,1H3,(H,26,28)/t14-,17-/m1/s1. The van der Waals surface area contributed by atoms with Crippen LogP contribution in [0.5, 0.6) is 5.75 Å². The summed E-state index contributed by atoms with van der Waals surface area (Å²) < 4.78 is 42.1. The Morgan fingerprint density at radius 3 is 2.43 bits per heavy atom. The summed E-state index contributed by atoms with van der Waals surface area (Å²) in [6.07, 6.45) is -3.17. The molecule has 0 spiro atoms. The largest absolute Gasteiger partial charge is 0.508 e. The lowest BCUT2D eigenvalue weighted by atomic mass is 10.1. The molecule has 0 aliphatic carbocycles. The lowest BCUT2D eigenvalue weighted by Gasteiger charge is -2.16. The summed E-state index contributed by atoms with van der Waals surface area (Å²) in [5.74, 6) is -1.88. The smallest absolute Gasteiger partial charge is 0.262 e. The van der Waals surface area contributed by atoms with Crippen LogP contribution < -0.4 is 16.4 Å². The number of benzene rings is 2. The van der Waals surface area contributed by atoms with Crippen molar-refractivity contribution in [3.63, 3.8) is 0 Å². The summed E-state index contributed by atoms with van der Waals surface area (Å²) in [6.45, 7) is 2.11. The fourth-order valence-electron chi connectivity index (χ4n) is 2.56. The normalized spacial score (nSPS) is 13.0. The molecule has 0 unspecified atom stereocenters. The number of hydrogen-bond acceptors (Lipinski definition) is 4. The van der Waals surface area contributed by atoms with Crippen LogP contribution in [-0.2, 0) is 11.3 Å². The molecule has 2 aromatic rings. The van der Waals surface area contributed by atoms with E-state index in [1.807, 2.05) is 6.92 Å². The first-order valence-electron chi connectivity index (χ1n) is 9.02. The van der Waals surface area contributed by atoms with Gasteiger partial charge in [-0.15, -0.1) is 0 Å². The van der Waals surface area contributed by atoms with Crippen molar-refractivity contribution in [2.75, 3.05) is 16.4 Å². The van der Waals surface area contributed by atoms with E-state index in [1.165, 1.54) is 24.3 Å². The molecule has 2 rings (SSSR count). The molecular weight excluding hydrogens is 371 g/mol. The first kappa shape index (κ1) is 21.4. The zero-order chi connectivity index (χ0) is 20.7. The fraction of sp³-hybridized carbons (Fsp3) is 0.350. The van der Waals surface area contributed by atoms with Crippen LogP contribution in [-0.4, -0.2) is 23.4 Å². The minimum Gasteiger partial charge on any atom is -0.508 e. The quantitative estimate of drug-likeness (QED) is 0.470. The van der Waals surface area contributed by atoms with Crippen LogP contribution in [0.2, 0.25) is 0 Å². The predicted octanol–water partition coefficient (Wildman–Crippen LogP) is 4.53. The molecule has 0 aliphatic heterocycles. The third kappa shape index (κ3) is 5.55. The van der Waals surface area contributed by atoms with Crippen molar-refractivity contribution in [3.8, 4) is 5.75 Å². The number of nitrogens with one attached hydrogen (secondary N) is 2. The monoisotopic (exact) mass is 395 g/mol. The van der Waals surface area contributed by atoms with E-state index < -0.39 is 24.1 Å². The maximum absolute atomic E-state index is 14.5. The van der Waals surface area contributed by atoms with Crippen molar-refractivity contribution in [1.29, 1.82) is 0 Å². The molecule has 0 saturated heterocycles. The predicted molar refractivity (Wildman–Crippen MR) is 104 cm³/mol. The molecule has 0 aliphatic rings. The van der Waals surface area contributed by atoms with E-state index in [0.29, 0.717) is 12.8 Å². The molecule has 28 heavy (non-hydrogen) atoms. The highest BCUT2D eigenvalue weighted by molar-refractivity contribution is 5.97. The van der Waals surface area contributed by atoms with Gasteiger partial charge in [0.15, 0.2) is 5.82 Å². The maximum atomic E-state index is 14.5. The number of aromatic hydroxyl groups is 1. The Bertz CT molecular complexity index is 800. The van der Waals surface area contributed by atoms with Gasteiger partial charge in [-0.1, -0.05) is 31.9 Å². The van der Waals surface area contributed by atoms with E-state index in [2.05, 4.69) is 10.6 Å². The van der Waals surface area contributed by atoms with Gasteiger partial charge in [0.05, 0.1) is 17.1 Å². The number of nitrogen functional groups attached to an aromatic ring is 1. The number of carbonyl (C=O) groups is 1. The molecule has 0 fully saturated rings. The van der Waals surface area contributed by atoms with Gasteiger partial charge in [-0.2, -0.15) is 0 Å². The van der Waals surface area contributed by atoms with E-state index in [0.717, 1.165) is 5.56 Å². The molecule has 5 nitrogen and oxygen atoms in total. The molecule has 0 saturated carbocycles. The number of phenols is 1. The van der Waals surface area contributed by atoms with E-state index >= 15 is 0 Å². The summed E-state index contributed by atoms with van der Waals surface area (Å²) in [7, 11) is 0. The number of hydrogen-bond donors (Lipinski definition) is 4. The van der Waals surface area contributed by atoms with Crippen LogP contribution in [0.4, 0.5) is 30.2 Å². The Balaban J connectivity index is 2.02. The second kappa shape index (κ2) is 9.87. The van der Waals surface area contributed by atoms with Gasteiger partial charge in [0.2, 0.25) is 6.17 Å². The Kier molecular flexibility index (Phi) is 7.54. The third-order valence-electron chi connectivity index (χ3n) is 4.26. The number of unbranched alkanes of at least 4 members (excludes halogenated alkanes) is 1. The third-order valence-corrected chi connectivity index (χ3v) is 4.26. The zero-order valence-electron chi connectivity index (χ0n) is 15.5. The minimum atomic E-state index is -2.35. The Labute approximate surface area is 161 Å². The van der Waals surface area contributed by atoms with Crippen LogP contribution in [0.25, 0.3) is 0 Å². The maximum Gasteiger partial charge on any atom is 0.262 e. The lowest BCUT2D eigenvalue weighted by molar-refractivity contribution is -0.123. The Morgan fingerprint density at radius 1 is 1.14 bits per heavy atom. The SMILES string of the molecule is CCCC[C@@H](F)[C@@H](F)C(=O)Nc1ccc(NCc2ccc(O)cc2)c(F)c1N. The van der Waals surface area contributed by atoms with Crippen molar-refractivity contribution < 1.29 is 23.1 Å². The highest BCUT2D eigenvalue weighted by atomic mass is 19.2. The first-order chi connectivity index (χ1) is 13.3. The van der Waals surface area contributed by atoms with E-state index in [-0.39, 0.29) is 35.8 Å². The molecule has 0 bridgehead atoms. The highest BCUT2D eigenvalue weighted by Crippen LogP contribution is 2.29. The Morgan fingerprint density at radius 2 is 1.79 bits per heavy atom. The van der Waals surface area contributed by atoms with Crippen LogP contribution in [0, 0.1) is 5.82 Å². The summed E-state index contributed by atoms with van der Waals surface area (Å²) in [6, 6.07) is 9.02. The average Bonchev–Trinajstić information content (AvgIpc) is 2.69. The molecule has 1 amide bonds. The topological polar surface area (TPSA) is 87.4 Å². The average molecular weight is 395 g/mol. The van der Waals surface area contributed by atoms with Gasteiger partial charge >= 0.3 is 0 Å². The lowest BCUT2D eigenvalue weighted by Crippen LogP contribution is -2.32. The number of amides is 1. The number of anilines is 3. The van der Waals surface area contributed by atoms with Gasteiger partial charge in [0.1, 0.15) is 11.9 Å². The van der Waals surface area contributed by atoms with E-state index in [4.69, 9.17) is 5.73 Å². The molecule has 0 radical (unpaired) electrons. The molecule has 8 heteroatoms. The number of halogens is 3. The molecule has 152 valence electrons.